The van der Waals surface area contributed by atoms with E-state index in [0.29, 0.717) is 21.6 Å². The van der Waals surface area contributed by atoms with Crippen LogP contribution in [0.25, 0.3) is 10.9 Å². The van der Waals surface area contributed by atoms with Crippen molar-refractivity contribution in [3.05, 3.63) is 39.4 Å². The number of hydrogen-bond donors (Lipinski definition) is 2. The smallest absolute Gasteiger partial charge is 0.262 e. The maximum atomic E-state index is 12.6. The van der Waals surface area contributed by atoms with E-state index in [1.165, 1.54) is 4.57 Å². The van der Waals surface area contributed by atoms with E-state index in [4.69, 9.17) is 17.0 Å². The molecule has 1 atom stereocenters. The Balaban J connectivity index is 1.65. The van der Waals surface area contributed by atoms with Crippen molar-refractivity contribution in [3.8, 4) is 0 Å². The molecule has 0 spiro atoms. The van der Waals surface area contributed by atoms with E-state index < -0.39 is 0 Å². The lowest BCUT2D eigenvalue weighted by Crippen LogP contribution is -2.40. The van der Waals surface area contributed by atoms with Crippen LogP contribution in [0.3, 0.4) is 0 Å². The number of benzene rings is 1. The molecule has 0 radical (unpaired) electrons. The van der Waals surface area contributed by atoms with Crippen molar-refractivity contribution in [2.24, 2.45) is 5.92 Å². The minimum atomic E-state index is -0.162. The average molecular weight is 361 g/mol. The lowest BCUT2D eigenvalue weighted by atomic mass is 9.93. The van der Waals surface area contributed by atoms with Crippen LogP contribution < -0.4 is 10.9 Å². The number of nitrogens with one attached hydrogen (secondary N) is 2. The van der Waals surface area contributed by atoms with Gasteiger partial charge < -0.3 is 15.0 Å². The fourth-order valence-electron chi connectivity index (χ4n) is 3.28. The number of para-hydroxylation sites is 1. The molecule has 0 aliphatic carbocycles. The third kappa shape index (κ3) is 4.16. The highest BCUT2D eigenvalue weighted by molar-refractivity contribution is 7.71. The lowest BCUT2D eigenvalue weighted by molar-refractivity contribution is -0.122. The molecule has 1 aromatic heterocycles. The second-order valence-electron chi connectivity index (χ2n) is 6.49. The fourth-order valence-corrected chi connectivity index (χ4v) is 3.56. The van der Waals surface area contributed by atoms with E-state index in [1.54, 1.807) is 6.07 Å². The first-order valence-corrected chi connectivity index (χ1v) is 9.06. The first-order chi connectivity index (χ1) is 12.1. The largest absolute Gasteiger partial charge is 0.381 e. The Labute approximate surface area is 151 Å². The van der Waals surface area contributed by atoms with Gasteiger partial charge in [-0.05, 0) is 50.0 Å². The molecule has 1 aliphatic heterocycles. The summed E-state index contributed by atoms with van der Waals surface area (Å²) in [7, 11) is 0. The number of carbonyl (C=O) groups is 1. The third-order valence-electron chi connectivity index (χ3n) is 4.81. The van der Waals surface area contributed by atoms with Crippen LogP contribution in [0.2, 0.25) is 0 Å². The van der Waals surface area contributed by atoms with Crippen LogP contribution in [0.4, 0.5) is 0 Å². The van der Waals surface area contributed by atoms with Gasteiger partial charge in [-0.1, -0.05) is 12.1 Å². The molecule has 2 heterocycles. The van der Waals surface area contributed by atoms with E-state index >= 15 is 0 Å². The average Bonchev–Trinajstić information content (AvgIpc) is 2.62. The zero-order chi connectivity index (χ0) is 17.8. The van der Waals surface area contributed by atoms with Crippen molar-refractivity contribution in [2.75, 3.05) is 13.2 Å². The maximum absolute atomic E-state index is 12.6. The molecule has 1 fully saturated rings. The highest BCUT2D eigenvalue weighted by Gasteiger charge is 2.21. The highest BCUT2D eigenvalue weighted by Crippen LogP contribution is 2.18. The van der Waals surface area contributed by atoms with Gasteiger partial charge in [-0.3, -0.25) is 14.2 Å². The first kappa shape index (κ1) is 17.8. The monoisotopic (exact) mass is 361 g/mol. The highest BCUT2D eigenvalue weighted by atomic mass is 32.1. The summed E-state index contributed by atoms with van der Waals surface area (Å²) >= 11 is 5.27. The normalized spacial score (nSPS) is 16.7. The second kappa shape index (κ2) is 7.93. The number of fused-ring (bicyclic) bond motifs is 1. The molecular weight excluding hydrogens is 338 g/mol. The summed E-state index contributed by atoms with van der Waals surface area (Å²) in [6.07, 6.45) is 2.16. The topological polar surface area (TPSA) is 76.1 Å². The minimum absolute atomic E-state index is 0.0616. The van der Waals surface area contributed by atoms with Crippen molar-refractivity contribution in [2.45, 2.75) is 38.8 Å². The number of amides is 1. The molecule has 0 unspecified atom stereocenters. The Morgan fingerprint density at radius 3 is 2.88 bits per heavy atom. The van der Waals surface area contributed by atoms with Gasteiger partial charge in [0.05, 0.1) is 10.9 Å². The number of rotatable bonds is 5. The summed E-state index contributed by atoms with van der Waals surface area (Å²) in [5.41, 5.74) is 0.552. The molecule has 134 valence electrons. The van der Waals surface area contributed by atoms with Gasteiger partial charge in [0, 0.05) is 32.2 Å². The molecule has 3 rings (SSSR count). The van der Waals surface area contributed by atoms with Crippen LogP contribution in [0, 0.1) is 10.7 Å². The van der Waals surface area contributed by atoms with Crippen LogP contribution in [-0.4, -0.2) is 34.7 Å². The van der Waals surface area contributed by atoms with Crippen molar-refractivity contribution >= 4 is 29.0 Å². The molecule has 25 heavy (non-hydrogen) atoms. The Morgan fingerprint density at radius 1 is 1.40 bits per heavy atom. The first-order valence-electron chi connectivity index (χ1n) is 8.65. The molecule has 1 aliphatic rings. The molecule has 1 saturated heterocycles. The molecule has 2 N–H and O–H groups in total. The van der Waals surface area contributed by atoms with Crippen molar-refractivity contribution < 1.29 is 9.53 Å². The summed E-state index contributed by atoms with van der Waals surface area (Å²) in [4.78, 5) is 27.9. The van der Waals surface area contributed by atoms with Gasteiger partial charge in [-0.25, -0.2) is 0 Å². The summed E-state index contributed by atoms with van der Waals surface area (Å²) in [6, 6.07) is 7.35. The summed E-state index contributed by atoms with van der Waals surface area (Å²) in [5.74, 6) is 0.386. The summed E-state index contributed by atoms with van der Waals surface area (Å²) in [5, 5.41) is 3.62. The Bertz CT molecular complexity index is 868. The number of hydrogen-bond acceptors (Lipinski definition) is 4. The molecule has 0 bridgehead atoms. The van der Waals surface area contributed by atoms with E-state index in [-0.39, 0.29) is 30.5 Å². The molecule has 1 aromatic carbocycles. The number of aromatic nitrogens is 2. The minimum Gasteiger partial charge on any atom is -0.381 e. The van der Waals surface area contributed by atoms with Crippen LogP contribution in [0.1, 0.15) is 26.2 Å². The van der Waals surface area contributed by atoms with Crippen LogP contribution >= 0.6 is 12.2 Å². The Kier molecular flexibility index (Phi) is 5.65. The van der Waals surface area contributed by atoms with Gasteiger partial charge in [-0.15, -0.1) is 0 Å². The zero-order valence-electron chi connectivity index (χ0n) is 14.3. The van der Waals surface area contributed by atoms with E-state index in [0.717, 1.165) is 26.1 Å². The van der Waals surface area contributed by atoms with Gasteiger partial charge in [0.15, 0.2) is 4.77 Å². The van der Waals surface area contributed by atoms with Gasteiger partial charge in [0.2, 0.25) is 5.91 Å². The third-order valence-corrected chi connectivity index (χ3v) is 5.14. The van der Waals surface area contributed by atoms with Crippen LogP contribution in [0.15, 0.2) is 29.1 Å². The van der Waals surface area contributed by atoms with Gasteiger partial charge >= 0.3 is 0 Å². The number of ether oxygens (including phenoxy) is 1. The second-order valence-corrected chi connectivity index (χ2v) is 6.88. The summed E-state index contributed by atoms with van der Waals surface area (Å²) in [6.45, 7) is 3.81. The van der Waals surface area contributed by atoms with Gasteiger partial charge in [0.25, 0.3) is 5.56 Å². The molecule has 7 heteroatoms. The molecular formula is C18H23N3O3S. The van der Waals surface area contributed by atoms with Gasteiger partial charge in [0.1, 0.15) is 0 Å². The quantitative estimate of drug-likeness (QED) is 0.802. The fraction of sp³-hybridized carbons (Fsp3) is 0.500. The maximum Gasteiger partial charge on any atom is 0.262 e. The van der Waals surface area contributed by atoms with Crippen LogP contribution in [0.5, 0.6) is 0 Å². The summed E-state index contributed by atoms with van der Waals surface area (Å²) < 4.78 is 7.15. The SMILES string of the molecule is C[C@H](NC(=O)CCn1c(=S)[nH]c2ccccc2c1=O)C1CCOCC1. The predicted octanol–water partition coefficient (Wildman–Crippen LogP) is 2.38. The van der Waals surface area contributed by atoms with Crippen molar-refractivity contribution in [1.82, 2.24) is 14.9 Å². The number of carbonyl (C=O) groups excluding carboxylic acids is 1. The molecule has 1 amide bonds. The Hall–Kier alpha value is -1.99. The van der Waals surface area contributed by atoms with E-state index in [9.17, 15) is 9.59 Å². The Morgan fingerprint density at radius 2 is 2.12 bits per heavy atom. The number of H-pyrrole nitrogens is 1. The van der Waals surface area contributed by atoms with E-state index in [2.05, 4.69) is 10.3 Å². The predicted molar refractivity (Wildman–Crippen MR) is 99.2 cm³/mol. The standard InChI is InChI=1S/C18H23N3O3S/c1-12(13-7-10-24-11-8-13)19-16(22)6-9-21-17(23)14-4-2-3-5-15(14)20-18(21)25/h2-5,12-13H,6-11H2,1H3,(H,19,22)(H,20,25)/t12-/m0/s1. The van der Waals surface area contributed by atoms with E-state index in [1.807, 2.05) is 25.1 Å². The van der Waals surface area contributed by atoms with Crippen molar-refractivity contribution in [3.63, 3.8) is 0 Å². The number of aromatic amines is 1. The number of nitrogens with zero attached hydrogens (tertiary/aromatic N) is 1. The lowest BCUT2D eigenvalue weighted by Gasteiger charge is -2.28. The van der Waals surface area contributed by atoms with Crippen molar-refractivity contribution in [1.29, 1.82) is 0 Å². The van der Waals surface area contributed by atoms with Gasteiger partial charge in [-0.2, -0.15) is 0 Å². The molecule has 2 aromatic rings. The molecule has 0 saturated carbocycles. The zero-order valence-corrected chi connectivity index (χ0v) is 15.1. The molecule has 6 nitrogen and oxygen atoms in total. The van der Waals surface area contributed by atoms with Crippen LogP contribution in [-0.2, 0) is 16.1 Å².